The van der Waals surface area contributed by atoms with E-state index in [9.17, 15) is 0 Å². The summed E-state index contributed by atoms with van der Waals surface area (Å²) < 4.78 is 0. The van der Waals surface area contributed by atoms with E-state index in [4.69, 9.17) is 5.26 Å². The summed E-state index contributed by atoms with van der Waals surface area (Å²) in [5.74, 6) is 0. The predicted octanol–water partition coefficient (Wildman–Crippen LogP) is 2.71. The van der Waals surface area contributed by atoms with Gasteiger partial charge in [-0.2, -0.15) is 5.26 Å². The fraction of sp³-hybridized carbons (Fsp3) is 0.417. The van der Waals surface area contributed by atoms with Gasteiger partial charge < -0.3 is 4.90 Å². The third-order valence-corrected chi connectivity index (χ3v) is 2.33. The van der Waals surface area contributed by atoms with Crippen molar-refractivity contribution in [3.8, 4) is 6.07 Å². The van der Waals surface area contributed by atoms with Gasteiger partial charge >= 0.3 is 0 Å². The van der Waals surface area contributed by atoms with Gasteiger partial charge in [0, 0.05) is 19.3 Å². The van der Waals surface area contributed by atoms with Crippen LogP contribution in [0.25, 0.3) is 0 Å². The first-order valence-electron chi connectivity index (χ1n) is 4.91. The van der Waals surface area contributed by atoms with E-state index in [1.165, 1.54) is 5.69 Å². The molecule has 2 nitrogen and oxygen atoms in total. The van der Waals surface area contributed by atoms with E-state index in [1.807, 2.05) is 19.1 Å². The van der Waals surface area contributed by atoms with Crippen LogP contribution in [0.1, 0.15) is 24.5 Å². The molecule has 0 atom stereocenters. The molecular weight excluding hydrogens is 172 g/mol. The molecule has 0 amide bonds. The molecule has 0 N–H and O–H groups in total. The van der Waals surface area contributed by atoms with E-state index in [2.05, 4.69) is 31.0 Å². The molecular formula is C12H16N2. The molecule has 0 aliphatic heterocycles. The van der Waals surface area contributed by atoms with Crippen LogP contribution in [0.15, 0.2) is 18.2 Å². The average molecular weight is 188 g/mol. The van der Waals surface area contributed by atoms with Crippen LogP contribution >= 0.6 is 0 Å². The van der Waals surface area contributed by atoms with Crippen molar-refractivity contribution >= 4 is 5.69 Å². The Morgan fingerprint density at radius 2 is 2.14 bits per heavy atom. The first kappa shape index (κ1) is 10.6. The second-order valence-electron chi connectivity index (χ2n) is 3.53. The minimum atomic E-state index is 0.763. The molecule has 74 valence electrons. The zero-order valence-corrected chi connectivity index (χ0v) is 9.04. The lowest BCUT2D eigenvalue weighted by Crippen LogP contribution is -2.17. The fourth-order valence-corrected chi connectivity index (χ4v) is 1.48. The van der Waals surface area contributed by atoms with E-state index in [1.54, 1.807) is 0 Å². The number of nitriles is 1. The molecule has 0 spiro atoms. The van der Waals surface area contributed by atoms with Gasteiger partial charge in [0.2, 0.25) is 0 Å². The number of anilines is 1. The van der Waals surface area contributed by atoms with Crippen molar-refractivity contribution in [2.45, 2.75) is 20.3 Å². The smallest absolute Gasteiger partial charge is 0.0994 e. The highest BCUT2D eigenvalue weighted by molar-refractivity contribution is 5.52. The molecule has 1 aromatic carbocycles. The summed E-state index contributed by atoms with van der Waals surface area (Å²) in [7, 11) is 2.07. The first-order chi connectivity index (χ1) is 6.69. The zero-order valence-electron chi connectivity index (χ0n) is 9.04. The Morgan fingerprint density at radius 1 is 1.43 bits per heavy atom. The average Bonchev–Trinajstić information content (AvgIpc) is 2.18. The second-order valence-corrected chi connectivity index (χ2v) is 3.53. The summed E-state index contributed by atoms with van der Waals surface area (Å²) in [6.07, 6.45) is 1.13. The van der Waals surface area contributed by atoms with Gasteiger partial charge in [-0.3, -0.25) is 0 Å². The van der Waals surface area contributed by atoms with E-state index >= 15 is 0 Å². The Balaban J connectivity index is 2.92. The van der Waals surface area contributed by atoms with E-state index in [0.717, 1.165) is 24.1 Å². The van der Waals surface area contributed by atoms with Crippen LogP contribution in [-0.2, 0) is 0 Å². The molecule has 0 aliphatic rings. The van der Waals surface area contributed by atoms with E-state index in [-0.39, 0.29) is 0 Å². The number of hydrogen-bond donors (Lipinski definition) is 0. The Bertz CT molecular complexity index is 350. The molecule has 0 fully saturated rings. The first-order valence-corrected chi connectivity index (χ1v) is 4.91. The van der Waals surface area contributed by atoms with Crippen LogP contribution in [0.3, 0.4) is 0 Å². The lowest BCUT2D eigenvalue weighted by Gasteiger charge is -2.18. The molecule has 14 heavy (non-hydrogen) atoms. The van der Waals surface area contributed by atoms with E-state index in [0.29, 0.717) is 0 Å². The Labute approximate surface area is 85.8 Å². The van der Waals surface area contributed by atoms with Crippen LogP contribution in [0, 0.1) is 18.3 Å². The highest BCUT2D eigenvalue weighted by Crippen LogP contribution is 2.17. The van der Waals surface area contributed by atoms with Crippen LogP contribution in [0.5, 0.6) is 0 Å². The van der Waals surface area contributed by atoms with Gasteiger partial charge in [-0.1, -0.05) is 6.92 Å². The van der Waals surface area contributed by atoms with Gasteiger partial charge in [0.05, 0.1) is 11.6 Å². The van der Waals surface area contributed by atoms with E-state index < -0.39 is 0 Å². The minimum absolute atomic E-state index is 0.763. The molecule has 0 heterocycles. The van der Waals surface area contributed by atoms with Gasteiger partial charge in [0.25, 0.3) is 0 Å². The number of rotatable bonds is 3. The van der Waals surface area contributed by atoms with Gasteiger partial charge in [0.15, 0.2) is 0 Å². The van der Waals surface area contributed by atoms with Crippen molar-refractivity contribution in [3.63, 3.8) is 0 Å². The molecule has 0 unspecified atom stereocenters. The zero-order chi connectivity index (χ0) is 10.6. The molecule has 0 saturated carbocycles. The summed E-state index contributed by atoms with van der Waals surface area (Å²) in [5.41, 5.74) is 3.00. The van der Waals surface area contributed by atoms with Crippen LogP contribution in [0.4, 0.5) is 5.69 Å². The van der Waals surface area contributed by atoms with Crippen molar-refractivity contribution in [3.05, 3.63) is 29.3 Å². The maximum absolute atomic E-state index is 8.79. The molecule has 0 aliphatic carbocycles. The Kier molecular flexibility index (Phi) is 3.53. The summed E-state index contributed by atoms with van der Waals surface area (Å²) in [6.45, 7) is 5.18. The van der Waals surface area contributed by atoms with Crippen molar-refractivity contribution in [2.75, 3.05) is 18.5 Å². The van der Waals surface area contributed by atoms with Crippen LogP contribution < -0.4 is 4.90 Å². The number of benzene rings is 1. The Hall–Kier alpha value is -1.49. The van der Waals surface area contributed by atoms with Crippen molar-refractivity contribution in [2.24, 2.45) is 0 Å². The normalized spacial score (nSPS) is 9.57. The summed E-state index contributed by atoms with van der Waals surface area (Å²) in [6, 6.07) is 8.13. The van der Waals surface area contributed by atoms with Gasteiger partial charge in [0.1, 0.15) is 0 Å². The molecule has 0 aromatic heterocycles. The minimum Gasteiger partial charge on any atom is -0.375 e. The fourth-order valence-electron chi connectivity index (χ4n) is 1.48. The molecule has 1 rings (SSSR count). The highest BCUT2D eigenvalue weighted by Gasteiger charge is 2.02. The van der Waals surface area contributed by atoms with Gasteiger partial charge in [-0.15, -0.1) is 0 Å². The number of hydrogen-bond acceptors (Lipinski definition) is 2. The summed E-state index contributed by atoms with van der Waals surface area (Å²) in [5, 5.41) is 8.79. The standard InChI is InChI=1S/C12H16N2/c1-4-7-14(3)12-6-5-11(9-13)10(2)8-12/h5-6,8H,4,7H2,1-3H3. The second kappa shape index (κ2) is 4.66. The van der Waals surface area contributed by atoms with Gasteiger partial charge in [-0.25, -0.2) is 0 Å². The number of nitrogens with zero attached hydrogens (tertiary/aromatic N) is 2. The monoisotopic (exact) mass is 188 g/mol. The lowest BCUT2D eigenvalue weighted by atomic mass is 10.1. The van der Waals surface area contributed by atoms with Crippen molar-refractivity contribution in [1.82, 2.24) is 0 Å². The maximum atomic E-state index is 8.79. The van der Waals surface area contributed by atoms with Gasteiger partial charge in [-0.05, 0) is 37.1 Å². The molecule has 0 bridgehead atoms. The highest BCUT2D eigenvalue weighted by atomic mass is 15.1. The largest absolute Gasteiger partial charge is 0.375 e. The quantitative estimate of drug-likeness (QED) is 0.729. The summed E-state index contributed by atoms with van der Waals surface area (Å²) >= 11 is 0. The number of aryl methyl sites for hydroxylation is 1. The SMILES string of the molecule is CCCN(C)c1ccc(C#N)c(C)c1. The van der Waals surface area contributed by atoms with Crippen LogP contribution in [0.2, 0.25) is 0 Å². The third kappa shape index (κ3) is 2.26. The van der Waals surface area contributed by atoms with Crippen LogP contribution in [-0.4, -0.2) is 13.6 Å². The third-order valence-electron chi connectivity index (χ3n) is 2.33. The molecule has 1 aromatic rings. The van der Waals surface area contributed by atoms with Crippen molar-refractivity contribution < 1.29 is 0 Å². The molecule has 0 saturated heterocycles. The maximum Gasteiger partial charge on any atom is 0.0994 e. The Morgan fingerprint density at radius 3 is 2.64 bits per heavy atom. The van der Waals surface area contributed by atoms with Crippen molar-refractivity contribution in [1.29, 1.82) is 5.26 Å². The molecule has 0 radical (unpaired) electrons. The predicted molar refractivity (Wildman–Crippen MR) is 59.5 cm³/mol. The summed E-state index contributed by atoms with van der Waals surface area (Å²) in [4.78, 5) is 2.20. The topological polar surface area (TPSA) is 27.0 Å². The lowest BCUT2D eigenvalue weighted by molar-refractivity contribution is 0.851. The molecule has 2 heteroatoms.